The summed E-state index contributed by atoms with van der Waals surface area (Å²) in [7, 11) is 3.41. The van der Waals surface area contributed by atoms with Gasteiger partial charge in [-0.15, -0.1) is 10.2 Å². The molecule has 2 rings (SSSR count). The molecule has 22 heavy (non-hydrogen) atoms. The number of aromatic nitrogens is 2. The Kier molecular flexibility index (Phi) is 5.48. The number of nitrogens with zero attached hydrogens (tertiary/aromatic N) is 3. The number of nitrogens with one attached hydrogen (secondary N) is 1. The quantitative estimate of drug-likeness (QED) is 0.839. The summed E-state index contributed by atoms with van der Waals surface area (Å²) in [5, 5.41) is 10.7. The first-order valence-corrected chi connectivity index (χ1v) is 7.04. The van der Waals surface area contributed by atoms with E-state index in [4.69, 9.17) is 9.15 Å². The van der Waals surface area contributed by atoms with Crippen molar-refractivity contribution in [3.05, 3.63) is 36.0 Å². The third-order valence-electron chi connectivity index (χ3n) is 2.98. The van der Waals surface area contributed by atoms with Crippen LogP contribution in [0.15, 0.2) is 28.7 Å². The van der Waals surface area contributed by atoms with Crippen LogP contribution in [0.4, 0.5) is 5.69 Å². The van der Waals surface area contributed by atoms with Crippen LogP contribution in [0.1, 0.15) is 18.7 Å². The van der Waals surface area contributed by atoms with Crippen LogP contribution in [0.5, 0.6) is 5.75 Å². The van der Waals surface area contributed by atoms with Gasteiger partial charge in [0.05, 0.1) is 20.2 Å². The average Bonchev–Trinajstić information content (AvgIpc) is 2.94. The average molecular weight is 304 g/mol. The van der Waals surface area contributed by atoms with E-state index in [9.17, 15) is 4.79 Å². The highest BCUT2D eigenvalue weighted by molar-refractivity contribution is 5.92. The molecule has 118 valence electrons. The van der Waals surface area contributed by atoms with Crippen LogP contribution < -0.4 is 10.1 Å². The predicted octanol–water partition coefficient (Wildman–Crippen LogP) is 1.71. The van der Waals surface area contributed by atoms with Crippen molar-refractivity contribution in [3.63, 3.8) is 0 Å². The number of hydrogen-bond acceptors (Lipinski definition) is 6. The SMILES string of the molecule is CCc1nnc(CN(C)CC(=O)Nc2cccc(OC)c2)o1. The first-order valence-electron chi connectivity index (χ1n) is 7.04. The van der Waals surface area contributed by atoms with E-state index in [-0.39, 0.29) is 12.5 Å². The lowest BCUT2D eigenvalue weighted by molar-refractivity contribution is -0.117. The Morgan fingerprint density at radius 2 is 2.14 bits per heavy atom. The molecule has 0 bridgehead atoms. The van der Waals surface area contributed by atoms with Crippen molar-refractivity contribution in [2.24, 2.45) is 0 Å². The maximum atomic E-state index is 12.0. The number of rotatable bonds is 7. The van der Waals surface area contributed by atoms with Crippen LogP contribution in [0.3, 0.4) is 0 Å². The number of methoxy groups -OCH3 is 1. The molecule has 0 fully saturated rings. The van der Waals surface area contributed by atoms with Crippen molar-refractivity contribution < 1.29 is 13.9 Å². The van der Waals surface area contributed by atoms with Gasteiger partial charge in [-0.3, -0.25) is 9.69 Å². The van der Waals surface area contributed by atoms with Gasteiger partial charge in [0.1, 0.15) is 5.75 Å². The lowest BCUT2D eigenvalue weighted by Crippen LogP contribution is -2.29. The fourth-order valence-corrected chi connectivity index (χ4v) is 1.93. The van der Waals surface area contributed by atoms with Gasteiger partial charge in [0, 0.05) is 18.2 Å². The van der Waals surface area contributed by atoms with Gasteiger partial charge in [-0.05, 0) is 19.2 Å². The smallest absolute Gasteiger partial charge is 0.238 e. The van der Waals surface area contributed by atoms with E-state index in [0.29, 0.717) is 36.2 Å². The van der Waals surface area contributed by atoms with Gasteiger partial charge in [-0.25, -0.2) is 0 Å². The Balaban J connectivity index is 1.85. The van der Waals surface area contributed by atoms with E-state index >= 15 is 0 Å². The molecular formula is C15H20N4O3. The standard InChI is InChI=1S/C15H20N4O3/c1-4-14-17-18-15(22-14)10-19(2)9-13(20)16-11-6-5-7-12(8-11)21-3/h5-8H,4,9-10H2,1-3H3,(H,16,20). The number of amides is 1. The van der Waals surface area contributed by atoms with Crippen LogP contribution in [0.25, 0.3) is 0 Å². The van der Waals surface area contributed by atoms with E-state index < -0.39 is 0 Å². The van der Waals surface area contributed by atoms with Gasteiger partial charge in [-0.2, -0.15) is 0 Å². The molecule has 1 aromatic carbocycles. The number of carbonyl (C=O) groups excluding carboxylic acids is 1. The van der Waals surface area contributed by atoms with E-state index in [1.807, 2.05) is 37.1 Å². The second-order valence-electron chi connectivity index (χ2n) is 4.90. The molecular weight excluding hydrogens is 284 g/mol. The number of benzene rings is 1. The summed E-state index contributed by atoms with van der Waals surface area (Å²) in [5.41, 5.74) is 0.698. The van der Waals surface area contributed by atoms with Gasteiger partial charge >= 0.3 is 0 Å². The van der Waals surface area contributed by atoms with E-state index in [1.165, 1.54) is 0 Å². The van der Waals surface area contributed by atoms with Crippen molar-refractivity contribution in [2.75, 3.05) is 26.0 Å². The minimum Gasteiger partial charge on any atom is -0.497 e. The molecule has 0 saturated heterocycles. The molecule has 0 aliphatic heterocycles. The van der Waals surface area contributed by atoms with Crippen molar-refractivity contribution in [2.45, 2.75) is 19.9 Å². The molecule has 0 atom stereocenters. The number of likely N-dealkylation sites (N-methyl/N-ethyl adjacent to an activating group) is 1. The van der Waals surface area contributed by atoms with Crippen molar-refractivity contribution in [3.8, 4) is 5.75 Å². The zero-order valence-corrected chi connectivity index (χ0v) is 13.0. The first kappa shape index (κ1) is 16.0. The summed E-state index contributed by atoms with van der Waals surface area (Å²) in [5.74, 6) is 1.69. The molecule has 0 saturated carbocycles. The topological polar surface area (TPSA) is 80.5 Å². The maximum Gasteiger partial charge on any atom is 0.238 e. The summed E-state index contributed by atoms with van der Waals surface area (Å²) in [4.78, 5) is 13.8. The zero-order valence-electron chi connectivity index (χ0n) is 13.0. The van der Waals surface area contributed by atoms with Crippen molar-refractivity contribution in [1.29, 1.82) is 0 Å². The minimum atomic E-state index is -0.119. The summed E-state index contributed by atoms with van der Waals surface area (Å²) in [6, 6.07) is 7.22. The van der Waals surface area contributed by atoms with Gasteiger partial charge in [0.15, 0.2) is 0 Å². The molecule has 2 aromatic rings. The zero-order chi connectivity index (χ0) is 15.9. The first-order chi connectivity index (χ1) is 10.6. The largest absolute Gasteiger partial charge is 0.497 e. The van der Waals surface area contributed by atoms with Crippen LogP contribution >= 0.6 is 0 Å². The van der Waals surface area contributed by atoms with E-state index in [2.05, 4.69) is 15.5 Å². The molecule has 0 aliphatic rings. The Morgan fingerprint density at radius 3 is 2.82 bits per heavy atom. The number of anilines is 1. The highest BCUT2D eigenvalue weighted by atomic mass is 16.5. The van der Waals surface area contributed by atoms with Crippen molar-refractivity contribution >= 4 is 11.6 Å². The molecule has 0 unspecified atom stereocenters. The number of ether oxygens (including phenoxy) is 1. The Hall–Kier alpha value is -2.41. The van der Waals surface area contributed by atoms with Gasteiger partial charge in [0.2, 0.25) is 17.7 Å². The predicted molar refractivity (Wildman–Crippen MR) is 81.6 cm³/mol. The molecule has 0 aliphatic carbocycles. The highest BCUT2D eigenvalue weighted by Gasteiger charge is 2.11. The number of aryl methyl sites for hydroxylation is 1. The van der Waals surface area contributed by atoms with Gasteiger partial charge in [-0.1, -0.05) is 13.0 Å². The summed E-state index contributed by atoms with van der Waals surface area (Å²) in [6.07, 6.45) is 0.701. The molecule has 1 heterocycles. The van der Waals surface area contributed by atoms with Crippen molar-refractivity contribution in [1.82, 2.24) is 15.1 Å². The third-order valence-corrected chi connectivity index (χ3v) is 2.98. The van der Waals surface area contributed by atoms with Crippen LogP contribution in [0.2, 0.25) is 0 Å². The van der Waals surface area contributed by atoms with Crippen LogP contribution in [-0.4, -0.2) is 41.7 Å². The molecule has 7 nitrogen and oxygen atoms in total. The Bertz CT molecular complexity index is 627. The summed E-state index contributed by atoms with van der Waals surface area (Å²) in [6.45, 7) is 2.60. The summed E-state index contributed by atoms with van der Waals surface area (Å²) < 4.78 is 10.5. The molecule has 1 amide bonds. The Labute approximate surface area is 129 Å². The lowest BCUT2D eigenvalue weighted by Gasteiger charge is -2.14. The molecule has 7 heteroatoms. The van der Waals surface area contributed by atoms with Crippen LogP contribution in [0, 0.1) is 0 Å². The Morgan fingerprint density at radius 1 is 1.36 bits per heavy atom. The summed E-state index contributed by atoms with van der Waals surface area (Å²) >= 11 is 0. The number of carbonyl (C=O) groups is 1. The monoisotopic (exact) mass is 304 g/mol. The van der Waals surface area contributed by atoms with Gasteiger partial charge in [0.25, 0.3) is 0 Å². The van der Waals surface area contributed by atoms with Gasteiger partial charge < -0.3 is 14.5 Å². The molecule has 0 radical (unpaired) electrons. The lowest BCUT2D eigenvalue weighted by atomic mass is 10.3. The second kappa shape index (κ2) is 7.56. The second-order valence-corrected chi connectivity index (χ2v) is 4.90. The minimum absolute atomic E-state index is 0.119. The fourth-order valence-electron chi connectivity index (χ4n) is 1.93. The third kappa shape index (κ3) is 4.56. The molecule has 1 aromatic heterocycles. The van der Waals surface area contributed by atoms with E-state index in [0.717, 1.165) is 0 Å². The van der Waals surface area contributed by atoms with E-state index in [1.54, 1.807) is 13.2 Å². The van der Waals surface area contributed by atoms with Crippen LogP contribution in [-0.2, 0) is 17.8 Å². The number of hydrogen-bond donors (Lipinski definition) is 1. The molecule has 0 spiro atoms. The normalized spacial score (nSPS) is 10.7. The fraction of sp³-hybridized carbons (Fsp3) is 0.400. The highest BCUT2D eigenvalue weighted by Crippen LogP contribution is 2.16. The maximum absolute atomic E-state index is 12.0. The molecule has 1 N–H and O–H groups in total.